The fraction of sp³-hybridized carbons (Fsp3) is 0.412. The van der Waals surface area contributed by atoms with E-state index in [4.69, 9.17) is 4.42 Å². The van der Waals surface area contributed by atoms with E-state index in [2.05, 4.69) is 15.2 Å². The van der Waals surface area contributed by atoms with Crippen LogP contribution in [-0.2, 0) is 0 Å². The Morgan fingerprint density at radius 1 is 1.27 bits per heavy atom. The van der Waals surface area contributed by atoms with Crippen LogP contribution in [0.1, 0.15) is 23.5 Å². The first-order valence-corrected chi connectivity index (χ1v) is 7.82. The molecule has 1 aromatic carbocycles. The molecule has 0 spiro atoms. The Hall–Kier alpha value is -2.14. The standard InChI is InChI=1S/C17H19N3O2/c21-16(19-14-8-12-6-7-20(10-12)11-14)17-18-9-15(22-17)13-4-2-1-3-5-13/h1-5,9,12,14H,6-8,10-11H2,(H,19,21). The summed E-state index contributed by atoms with van der Waals surface area (Å²) in [5.41, 5.74) is 0.927. The van der Waals surface area contributed by atoms with Crippen LogP contribution in [0, 0.1) is 5.92 Å². The molecule has 3 heterocycles. The van der Waals surface area contributed by atoms with Gasteiger partial charge < -0.3 is 14.6 Å². The lowest BCUT2D eigenvalue weighted by Crippen LogP contribution is -2.47. The Kier molecular flexibility index (Phi) is 3.42. The molecule has 2 fully saturated rings. The zero-order chi connectivity index (χ0) is 14.9. The number of carbonyl (C=O) groups is 1. The summed E-state index contributed by atoms with van der Waals surface area (Å²) in [6.07, 6.45) is 3.93. The minimum atomic E-state index is -0.213. The number of amides is 1. The zero-order valence-electron chi connectivity index (χ0n) is 12.4. The number of benzene rings is 1. The molecule has 5 nitrogen and oxygen atoms in total. The van der Waals surface area contributed by atoms with Crippen molar-refractivity contribution in [2.45, 2.75) is 18.9 Å². The van der Waals surface area contributed by atoms with Gasteiger partial charge >= 0.3 is 5.91 Å². The van der Waals surface area contributed by atoms with E-state index in [1.807, 2.05) is 30.3 Å². The molecule has 1 aromatic heterocycles. The average Bonchev–Trinajstić information content (AvgIpc) is 3.15. The van der Waals surface area contributed by atoms with Crippen molar-refractivity contribution in [3.63, 3.8) is 0 Å². The smallest absolute Gasteiger partial charge is 0.307 e. The molecule has 4 rings (SSSR count). The predicted octanol–water partition coefficient (Wildman–Crippen LogP) is 2.17. The van der Waals surface area contributed by atoms with Gasteiger partial charge in [0.15, 0.2) is 5.76 Å². The van der Waals surface area contributed by atoms with Gasteiger partial charge in [0.2, 0.25) is 0 Å². The number of nitrogens with zero attached hydrogens (tertiary/aromatic N) is 2. The molecule has 2 bridgehead atoms. The fourth-order valence-corrected chi connectivity index (χ4v) is 3.53. The van der Waals surface area contributed by atoms with E-state index in [0.29, 0.717) is 5.76 Å². The molecule has 22 heavy (non-hydrogen) atoms. The number of rotatable bonds is 3. The third kappa shape index (κ3) is 2.64. The van der Waals surface area contributed by atoms with Crippen LogP contribution in [0.5, 0.6) is 0 Å². The van der Waals surface area contributed by atoms with Crippen molar-refractivity contribution in [1.29, 1.82) is 0 Å². The summed E-state index contributed by atoms with van der Waals surface area (Å²) >= 11 is 0. The minimum absolute atomic E-state index is 0.145. The van der Waals surface area contributed by atoms with Crippen molar-refractivity contribution in [1.82, 2.24) is 15.2 Å². The molecule has 3 atom stereocenters. The maximum absolute atomic E-state index is 12.3. The van der Waals surface area contributed by atoms with Crippen molar-refractivity contribution in [2.24, 2.45) is 5.92 Å². The van der Waals surface area contributed by atoms with Crippen molar-refractivity contribution >= 4 is 5.91 Å². The van der Waals surface area contributed by atoms with Crippen LogP contribution in [0.25, 0.3) is 11.3 Å². The second-order valence-corrected chi connectivity index (χ2v) is 6.22. The monoisotopic (exact) mass is 297 g/mol. The van der Waals surface area contributed by atoms with Gasteiger partial charge in [-0.2, -0.15) is 0 Å². The van der Waals surface area contributed by atoms with Gasteiger partial charge in [0.25, 0.3) is 5.89 Å². The Balaban J connectivity index is 1.44. The van der Waals surface area contributed by atoms with E-state index in [1.165, 1.54) is 13.0 Å². The molecule has 0 saturated carbocycles. The maximum atomic E-state index is 12.3. The van der Waals surface area contributed by atoms with Crippen molar-refractivity contribution < 1.29 is 9.21 Å². The minimum Gasteiger partial charge on any atom is -0.432 e. The topological polar surface area (TPSA) is 58.4 Å². The largest absolute Gasteiger partial charge is 0.432 e. The van der Waals surface area contributed by atoms with Gasteiger partial charge in [-0.1, -0.05) is 30.3 Å². The third-order valence-corrected chi connectivity index (χ3v) is 4.56. The fourth-order valence-electron chi connectivity index (χ4n) is 3.53. The summed E-state index contributed by atoms with van der Waals surface area (Å²) in [4.78, 5) is 18.8. The highest BCUT2D eigenvalue weighted by Gasteiger charge is 2.33. The van der Waals surface area contributed by atoms with Crippen LogP contribution in [0.4, 0.5) is 0 Å². The van der Waals surface area contributed by atoms with Gasteiger partial charge in [0.1, 0.15) is 0 Å². The Morgan fingerprint density at radius 3 is 2.95 bits per heavy atom. The Morgan fingerprint density at radius 2 is 2.14 bits per heavy atom. The van der Waals surface area contributed by atoms with E-state index < -0.39 is 0 Å². The molecule has 3 unspecified atom stereocenters. The summed E-state index contributed by atoms with van der Waals surface area (Å²) in [5, 5.41) is 3.06. The van der Waals surface area contributed by atoms with E-state index in [0.717, 1.165) is 31.0 Å². The second kappa shape index (κ2) is 5.57. The first kappa shape index (κ1) is 13.5. The first-order chi connectivity index (χ1) is 10.8. The summed E-state index contributed by atoms with van der Waals surface area (Å²) in [7, 11) is 0. The summed E-state index contributed by atoms with van der Waals surface area (Å²) in [5.74, 6) is 1.28. The number of hydrogen-bond donors (Lipinski definition) is 1. The van der Waals surface area contributed by atoms with Gasteiger partial charge in [-0.05, 0) is 25.3 Å². The highest BCUT2D eigenvalue weighted by Crippen LogP contribution is 2.27. The highest BCUT2D eigenvalue weighted by atomic mass is 16.4. The second-order valence-electron chi connectivity index (χ2n) is 6.22. The van der Waals surface area contributed by atoms with E-state index in [9.17, 15) is 4.79 Å². The van der Waals surface area contributed by atoms with E-state index in [1.54, 1.807) is 6.20 Å². The number of nitrogens with one attached hydrogen (secondary N) is 1. The van der Waals surface area contributed by atoms with Crippen LogP contribution in [0.15, 0.2) is 40.9 Å². The molecule has 2 aromatic rings. The molecule has 1 amide bonds. The van der Waals surface area contributed by atoms with Crippen LogP contribution >= 0.6 is 0 Å². The van der Waals surface area contributed by atoms with Crippen molar-refractivity contribution in [3.8, 4) is 11.3 Å². The number of fused-ring (bicyclic) bond motifs is 2. The molecular weight excluding hydrogens is 278 g/mol. The van der Waals surface area contributed by atoms with Crippen molar-refractivity contribution in [3.05, 3.63) is 42.4 Å². The number of piperidine rings is 1. The Bertz CT molecular complexity index is 656. The van der Waals surface area contributed by atoms with Gasteiger partial charge in [0.05, 0.1) is 6.20 Å². The van der Waals surface area contributed by atoms with Crippen LogP contribution in [-0.4, -0.2) is 41.5 Å². The average molecular weight is 297 g/mol. The summed E-state index contributed by atoms with van der Waals surface area (Å²) in [6.45, 7) is 3.28. The summed E-state index contributed by atoms with van der Waals surface area (Å²) in [6, 6.07) is 9.90. The first-order valence-electron chi connectivity index (χ1n) is 7.82. The van der Waals surface area contributed by atoms with E-state index in [-0.39, 0.29) is 17.8 Å². The van der Waals surface area contributed by atoms with Crippen LogP contribution in [0.3, 0.4) is 0 Å². The quantitative estimate of drug-likeness (QED) is 0.943. The Labute approximate surface area is 129 Å². The molecule has 2 aliphatic rings. The maximum Gasteiger partial charge on any atom is 0.307 e. The van der Waals surface area contributed by atoms with Gasteiger partial charge in [0, 0.05) is 24.7 Å². The third-order valence-electron chi connectivity index (χ3n) is 4.56. The SMILES string of the molecule is O=C(NC1CC2CCN(C2)C1)c1ncc(-c2ccccc2)o1. The molecule has 0 radical (unpaired) electrons. The van der Waals surface area contributed by atoms with Gasteiger partial charge in [-0.25, -0.2) is 4.98 Å². The van der Waals surface area contributed by atoms with Gasteiger partial charge in [-0.3, -0.25) is 4.79 Å². The molecule has 5 heteroatoms. The molecule has 0 aliphatic carbocycles. The van der Waals surface area contributed by atoms with Gasteiger partial charge in [-0.15, -0.1) is 0 Å². The van der Waals surface area contributed by atoms with Crippen LogP contribution < -0.4 is 5.32 Å². The number of hydrogen-bond acceptors (Lipinski definition) is 4. The number of carbonyl (C=O) groups excluding carboxylic acids is 1. The van der Waals surface area contributed by atoms with Crippen LogP contribution in [0.2, 0.25) is 0 Å². The number of oxazole rings is 1. The van der Waals surface area contributed by atoms with Crippen molar-refractivity contribution in [2.75, 3.05) is 19.6 Å². The normalized spacial score (nSPS) is 26.8. The lowest BCUT2D eigenvalue weighted by molar-refractivity contribution is 0.0875. The lowest BCUT2D eigenvalue weighted by atomic mass is 9.97. The number of aromatic nitrogens is 1. The molecular formula is C17H19N3O2. The molecule has 2 aliphatic heterocycles. The molecule has 2 saturated heterocycles. The zero-order valence-corrected chi connectivity index (χ0v) is 12.4. The van der Waals surface area contributed by atoms with E-state index >= 15 is 0 Å². The molecule has 114 valence electrons. The molecule has 1 N–H and O–H groups in total. The summed E-state index contributed by atoms with van der Waals surface area (Å²) < 4.78 is 5.61. The predicted molar refractivity (Wildman–Crippen MR) is 82.4 cm³/mol. The highest BCUT2D eigenvalue weighted by molar-refractivity contribution is 5.90. The lowest BCUT2D eigenvalue weighted by Gasteiger charge is -2.30.